The van der Waals surface area contributed by atoms with Gasteiger partial charge in [0.2, 0.25) is 0 Å². The van der Waals surface area contributed by atoms with Gasteiger partial charge in [-0.3, -0.25) is 0 Å². The van der Waals surface area contributed by atoms with Gasteiger partial charge in [0.1, 0.15) is 17.0 Å². The van der Waals surface area contributed by atoms with Gasteiger partial charge in [-0.05, 0) is 24.6 Å². The number of hydrogen-bond donors (Lipinski definition) is 3. The largest absolute Gasteiger partial charge is 0.507 e. The van der Waals surface area contributed by atoms with E-state index in [1.807, 2.05) is 25.1 Å². The number of ether oxygens (including phenoxy) is 1. The smallest absolute Gasteiger partial charge is 0.265 e. The quantitative estimate of drug-likeness (QED) is 0.386. The number of aryl methyl sites for hydroxylation is 1. The van der Waals surface area contributed by atoms with Crippen molar-refractivity contribution >= 4 is 34.2 Å². The Morgan fingerprint density at radius 3 is 2.92 bits per heavy atom. The van der Waals surface area contributed by atoms with E-state index in [9.17, 15) is 5.11 Å². The van der Waals surface area contributed by atoms with E-state index < -0.39 is 0 Å². The first-order valence-electron chi connectivity index (χ1n) is 7.93. The van der Waals surface area contributed by atoms with Crippen LogP contribution in [0.25, 0.3) is 22.1 Å². The van der Waals surface area contributed by atoms with Crippen LogP contribution in [0.2, 0.25) is 0 Å². The number of hydrogen-bond acceptors (Lipinski definition) is 7. The molecule has 0 aliphatic heterocycles. The van der Waals surface area contributed by atoms with Crippen molar-refractivity contribution in [3.8, 4) is 11.5 Å². The third-order valence-corrected chi connectivity index (χ3v) is 4.06. The van der Waals surface area contributed by atoms with Crippen LogP contribution in [0.5, 0.6) is 11.5 Å². The van der Waals surface area contributed by atoms with Crippen LogP contribution in [-0.4, -0.2) is 38.6 Å². The van der Waals surface area contributed by atoms with E-state index in [1.165, 1.54) is 19.4 Å². The fourth-order valence-electron chi connectivity index (χ4n) is 2.71. The summed E-state index contributed by atoms with van der Waals surface area (Å²) in [5.41, 5.74) is 6.71. The summed E-state index contributed by atoms with van der Waals surface area (Å²) in [7, 11) is 1.54. The lowest BCUT2D eigenvalue weighted by molar-refractivity contribution is 0.407. The molecule has 4 aromatic rings. The zero-order valence-electron chi connectivity index (χ0n) is 14.2. The minimum absolute atomic E-state index is 0.0653. The molecule has 0 amide bonds. The molecule has 8 nitrogen and oxygen atoms in total. The topological polar surface area (TPSA) is 108 Å². The summed E-state index contributed by atoms with van der Waals surface area (Å²) in [5.74, 6) is 0.890. The molecule has 4 rings (SSSR count). The first-order chi connectivity index (χ1) is 12.7. The Morgan fingerprint density at radius 1 is 1.23 bits per heavy atom. The molecule has 0 bridgehead atoms. The molecule has 0 radical (unpaired) electrons. The Morgan fingerprint density at radius 2 is 2.12 bits per heavy atom. The summed E-state index contributed by atoms with van der Waals surface area (Å²) in [4.78, 5) is 7.66. The van der Waals surface area contributed by atoms with Crippen molar-refractivity contribution in [2.24, 2.45) is 5.10 Å². The van der Waals surface area contributed by atoms with Crippen molar-refractivity contribution in [3.05, 3.63) is 47.5 Å². The van der Waals surface area contributed by atoms with Crippen molar-refractivity contribution < 1.29 is 9.84 Å². The first kappa shape index (κ1) is 15.8. The van der Waals surface area contributed by atoms with E-state index in [0.717, 1.165) is 16.5 Å². The summed E-state index contributed by atoms with van der Waals surface area (Å²) in [6.07, 6.45) is 1.47. The Balaban J connectivity index is 1.59. The Kier molecular flexibility index (Phi) is 3.85. The number of phenolic OH excluding ortho intramolecular Hbond substituents is 1. The summed E-state index contributed by atoms with van der Waals surface area (Å²) in [6.45, 7) is 2.02. The molecule has 0 aliphatic carbocycles. The van der Waals surface area contributed by atoms with Crippen LogP contribution < -0.4 is 10.2 Å². The van der Waals surface area contributed by atoms with E-state index >= 15 is 0 Å². The Bertz CT molecular complexity index is 1140. The third-order valence-electron chi connectivity index (χ3n) is 4.06. The maximum atomic E-state index is 9.92. The average Bonchev–Trinajstić information content (AvgIpc) is 3.02. The average molecular weight is 348 g/mol. The van der Waals surface area contributed by atoms with Gasteiger partial charge < -0.3 is 14.8 Å². The van der Waals surface area contributed by atoms with Crippen LogP contribution in [0.15, 0.2) is 41.5 Å². The van der Waals surface area contributed by atoms with E-state index in [4.69, 9.17) is 4.74 Å². The molecule has 0 saturated carbocycles. The number of H-pyrrole nitrogens is 1. The van der Waals surface area contributed by atoms with E-state index in [0.29, 0.717) is 22.5 Å². The fraction of sp³-hybridized carbons (Fsp3) is 0.111. The predicted molar refractivity (Wildman–Crippen MR) is 99.8 cm³/mol. The van der Waals surface area contributed by atoms with Crippen molar-refractivity contribution in [2.75, 3.05) is 12.5 Å². The number of rotatable bonds is 4. The van der Waals surface area contributed by atoms with Gasteiger partial charge in [0.05, 0.1) is 18.8 Å². The number of anilines is 1. The molecule has 26 heavy (non-hydrogen) atoms. The standard InChI is InChI=1S/C18H16N6O2/c1-10-4-3-5-13-15(10)20-17-16(13)22-24-18(21-17)23-19-9-11-6-7-12(26-2)8-14(11)25/h3-9,25H,1-2H3,(H2,20,21,23,24). The normalized spacial score (nSPS) is 11.5. The number of methoxy groups -OCH3 is 1. The van der Waals surface area contributed by atoms with Gasteiger partial charge in [-0.1, -0.05) is 18.2 Å². The highest BCUT2D eigenvalue weighted by atomic mass is 16.5. The van der Waals surface area contributed by atoms with E-state index in [2.05, 4.69) is 30.7 Å². The Labute approximate surface area is 148 Å². The SMILES string of the molecule is COc1ccc(C=NNc2nnc3c(n2)[nH]c2c(C)cccc23)c(O)c1. The zero-order chi connectivity index (χ0) is 18.1. The predicted octanol–water partition coefficient (Wildman–Crippen LogP) is 2.97. The number of nitrogens with zero attached hydrogens (tertiary/aromatic N) is 4. The zero-order valence-corrected chi connectivity index (χ0v) is 14.2. The molecule has 0 spiro atoms. The summed E-state index contributed by atoms with van der Waals surface area (Å²) in [6, 6.07) is 10.9. The molecule has 0 saturated heterocycles. The van der Waals surface area contributed by atoms with Gasteiger partial charge in [-0.2, -0.15) is 10.1 Å². The molecule has 0 atom stereocenters. The van der Waals surface area contributed by atoms with Crippen molar-refractivity contribution in [2.45, 2.75) is 6.92 Å². The number of para-hydroxylation sites is 1. The Hall–Kier alpha value is -3.68. The van der Waals surface area contributed by atoms with Crippen molar-refractivity contribution in [1.82, 2.24) is 20.2 Å². The lowest BCUT2D eigenvalue weighted by atomic mass is 10.1. The van der Waals surface area contributed by atoms with Gasteiger partial charge in [0.15, 0.2) is 5.65 Å². The van der Waals surface area contributed by atoms with Gasteiger partial charge in [-0.15, -0.1) is 10.2 Å². The highest BCUT2D eigenvalue weighted by Crippen LogP contribution is 2.25. The van der Waals surface area contributed by atoms with E-state index in [1.54, 1.807) is 12.1 Å². The summed E-state index contributed by atoms with van der Waals surface area (Å²) in [5, 5.41) is 23.2. The molecule has 8 heteroatoms. The maximum Gasteiger partial charge on any atom is 0.265 e. The lowest BCUT2D eigenvalue weighted by Crippen LogP contribution is -1.99. The van der Waals surface area contributed by atoms with Gasteiger partial charge >= 0.3 is 0 Å². The van der Waals surface area contributed by atoms with Crippen LogP contribution in [0, 0.1) is 6.92 Å². The second-order valence-electron chi connectivity index (χ2n) is 5.75. The second kappa shape index (κ2) is 6.32. The number of aromatic amines is 1. The minimum atomic E-state index is 0.0653. The van der Waals surface area contributed by atoms with Crippen molar-refractivity contribution in [1.29, 1.82) is 0 Å². The van der Waals surface area contributed by atoms with Crippen LogP contribution >= 0.6 is 0 Å². The monoisotopic (exact) mass is 348 g/mol. The number of benzene rings is 2. The van der Waals surface area contributed by atoms with Gasteiger partial charge in [-0.25, -0.2) is 5.43 Å². The first-order valence-corrected chi connectivity index (χ1v) is 7.93. The molecule has 2 aromatic carbocycles. The number of aromatic nitrogens is 4. The number of fused-ring (bicyclic) bond motifs is 3. The van der Waals surface area contributed by atoms with Crippen LogP contribution in [-0.2, 0) is 0 Å². The molecule has 0 unspecified atom stereocenters. The van der Waals surface area contributed by atoms with Crippen LogP contribution in [0.4, 0.5) is 5.95 Å². The molecule has 3 N–H and O–H groups in total. The van der Waals surface area contributed by atoms with Crippen LogP contribution in [0.3, 0.4) is 0 Å². The van der Waals surface area contributed by atoms with Crippen LogP contribution in [0.1, 0.15) is 11.1 Å². The molecule has 130 valence electrons. The molecular weight excluding hydrogens is 332 g/mol. The molecular formula is C18H16N6O2. The van der Waals surface area contributed by atoms with Crippen molar-refractivity contribution in [3.63, 3.8) is 0 Å². The third kappa shape index (κ3) is 2.77. The minimum Gasteiger partial charge on any atom is -0.507 e. The number of hydrazone groups is 1. The number of aromatic hydroxyl groups is 1. The molecule has 0 aliphatic rings. The molecule has 2 aromatic heterocycles. The second-order valence-corrected chi connectivity index (χ2v) is 5.75. The molecule has 0 fully saturated rings. The van der Waals surface area contributed by atoms with Gasteiger partial charge in [0, 0.05) is 17.0 Å². The van der Waals surface area contributed by atoms with E-state index in [-0.39, 0.29) is 11.7 Å². The highest BCUT2D eigenvalue weighted by Gasteiger charge is 2.10. The number of phenols is 1. The van der Waals surface area contributed by atoms with Gasteiger partial charge in [0.25, 0.3) is 5.95 Å². The highest BCUT2D eigenvalue weighted by molar-refractivity contribution is 6.04. The number of nitrogens with one attached hydrogen (secondary N) is 2. The maximum absolute atomic E-state index is 9.92. The summed E-state index contributed by atoms with van der Waals surface area (Å²) >= 11 is 0. The summed E-state index contributed by atoms with van der Waals surface area (Å²) < 4.78 is 5.05. The lowest BCUT2D eigenvalue weighted by Gasteiger charge is -2.02. The fourth-order valence-corrected chi connectivity index (χ4v) is 2.71. The molecule has 2 heterocycles.